The Morgan fingerprint density at radius 3 is 2.81 bits per heavy atom. The van der Waals surface area contributed by atoms with Crippen molar-refractivity contribution in [1.82, 2.24) is 9.97 Å². The van der Waals surface area contributed by atoms with Gasteiger partial charge in [0.2, 0.25) is 0 Å². The van der Waals surface area contributed by atoms with E-state index in [0.717, 1.165) is 6.42 Å². The highest BCUT2D eigenvalue weighted by atomic mass is 16.5. The van der Waals surface area contributed by atoms with Gasteiger partial charge in [-0.25, -0.2) is 14.8 Å². The number of carbonyl (C=O) groups is 1. The van der Waals surface area contributed by atoms with Crippen molar-refractivity contribution in [2.24, 2.45) is 0 Å². The topological polar surface area (TPSA) is 84.3 Å². The summed E-state index contributed by atoms with van der Waals surface area (Å²) in [5, 5.41) is 11.9. The molecule has 0 spiro atoms. The summed E-state index contributed by atoms with van der Waals surface area (Å²) in [6, 6.07) is 0.0276. The average Bonchev–Trinajstić information content (AvgIpc) is 2.29. The van der Waals surface area contributed by atoms with E-state index in [1.807, 2.05) is 6.92 Å². The molecule has 1 aromatic heterocycles. The maximum absolute atomic E-state index is 10.9. The molecule has 0 aromatic carbocycles. The Kier molecular flexibility index (Phi) is 4.65. The zero-order valence-corrected chi connectivity index (χ0v) is 9.30. The molecule has 0 saturated heterocycles. The first-order valence-corrected chi connectivity index (χ1v) is 4.98. The molecule has 0 aliphatic carbocycles. The van der Waals surface area contributed by atoms with Gasteiger partial charge in [-0.15, -0.1) is 0 Å². The Bertz CT molecular complexity index is 357. The number of carboxylic acids is 1. The van der Waals surface area contributed by atoms with Gasteiger partial charge in [0.25, 0.3) is 0 Å². The first kappa shape index (κ1) is 12.4. The molecule has 0 saturated carbocycles. The number of aromatic carboxylic acids is 1. The van der Waals surface area contributed by atoms with Gasteiger partial charge in [0, 0.05) is 19.5 Å². The Hall–Kier alpha value is -1.69. The number of ether oxygens (including phenoxy) is 1. The number of methoxy groups -OCH3 is 1. The minimum atomic E-state index is -1.09. The Balaban J connectivity index is 2.82. The van der Waals surface area contributed by atoms with Gasteiger partial charge in [0.1, 0.15) is 0 Å². The van der Waals surface area contributed by atoms with Crippen molar-refractivity contribution in [3.8, 4) is 0 Å². The van der Waals surface area contributed by atoms with Crippen LogP contribution in [0.1, 0.15) is 23.8 Å². The summed E-state index contributed by atoms with van der Waals surface area (Å²) in [4.78, 5) is 18.6. The number of carboxylic acid groups (broad SMARTS) is 1. The highest BCUT2D eigenvalue weighted by Gasteiger charge is 2.15. The van der Waals surface area contributed by atoms with Gasteiger partial charge in [-0.05, 0) is 6.42 Å². The predicted molar refractivity (Wildman–Crippen MR) is 58.6 cm³/mol. The summed E-state index contributed by atoms with van der Waals surface area (Å²) in [5.74, 6) is -0.818. The van der Waals surface area contributed by atoms with Crippen molar-refractivity contribution in [2.75, 3.05) is 19.0 Å². The highest BCUT2D eigenvalue weighted by Crippen LogP contribution is 2.11. The second-order valence-corrected chi connectivity index (χ2v) is 3.26. The molecule has 0 amide bonds. The van der Waals surface area contributed by atoms with Gasteiger partial charge in [-0.1, -0.05) is 6.92 Å². The summed E-state index contributed by atoms with van der Waals surface area (Å²) >= 11 is 0. The SMILES string of the molecule is CCC(COC)Nc1nccnc1C(=O)O. The zero-order chi connectivity index (χ0) is 12.0. The molecule has 1 heterocycles. The number of rotatable bonds is 6. The summed E-state index contributed by atoms with van der Waals surface area (Å²) in [6.45, 7) is 2.47. The minimum absolute atomic E-state index is 0.0276. The molecule has 16 heavy (non-hydrogen) atoms. The largest absolute Gasteiger partial charge is 0.476 e. The van der Waals surface area contributed by atoms with Crippen LogP contribution >= 0.6 is 0 Å². The highest BCUT2D eigenvalue weighted by molar-refractivity contribution is 5.90. The van der Waals surface area contributed by atoms with E-state index >= 15 is 0 Å². The standard InChI is InChI=1S/C10H15N3O3/c1-3-7(6-16-2)13-9-8(10(14)15)11-4-5-12-9/h4-5,7H,3,6H2,1-2H3,(H,12,13)(H,14,15). The molecule has 0 fully saturated rings. The van der Waals surface area contributed by atoms with Crippen LogP contribution < -0.4 is 5.32 Å². The molecule has 1 aromatic rings. The van der Waals surface area contributed by atoms with E-state index in [9.17, 15) is 4.79 Å². The molecule has 0 bridgehead atoms. The van der Waals surface area contributed by atoms with Crippen LogP contribution in [0.5, 0.6) is 0 Å². The molecular weight excluding hydrogens is 210 g/mol. The molecule has 2 N–H and O–H groups in total. The fourth-order valence-electron chi connectivity index (χ4n) is 1.26. The fourth-order valence-corrected chi connectivity index (χ4v) is 1.26. The monoisotopic (exact) mass is 225 g/mol. The number of nitrogens with zero attached hydrogens (tertiary/aromatic N) is 2. The lowest BCUT2D eigenvalue weighted by Crippen LogP contribution is -2.26. The average molecular weight is 225 g/mol. The van der Waals surface area contributed by atoms with Crippen LogP contribution in [0.15, 0.2) is 12.4 Å². The van der Waals surface area contributed by atoms with Crippen molar-refractivity contribution in [3.63, 3.8) is 0 Å². The fraction of sp³-hybridized carbons (Fsp3) is 0.500. The predicted octanol–water partition coefficient (Wildman–Crippen LogP) is 1.01. The van der Waals surface area contributed by atoms with E-state index in [4.69, 9.17) is 9.84 Å². The van der Waals surface area contributed by atoms with Gasteiger partial charge in [-0.3, -0.25) is 0 Å². The van der Waals surface area contributed by atoms with Crippen molar-refractivity contribution >= 4 is 11.8 Å². The van der Waals surface area contributed by atoms with Crippen LogP contribution in [0, 0.1) is 0 Å². The molecule has 1 unspecified atom stereocenters. The second-order valence-electron chi connectivity index (χ2n) is 3.26. The van der Waals surface area contributed by atoms with Gasteiger partial charge in [-0.2, -0.15) is 0 Å². The molecule has 6 nitrogen and oxygen atoms in total. The van der Waals surface area contributed by atoms with Crippen LogP contribution in [0.25, 0.3) is 0 Å². The molecule has 0 aliphatic heterocycles. The van der Waals surface area contributed by atoms with Crippen LogP contribution in [-0.2, 0) is 4.74 Å². The van der Waals surface area contributed by atoms with E-state index in [2.05, 4.69) is 15.3 Å². The van der Waals surface area contributed by atoms with Gasteiger partial charge >= 0.3 is 5.97 Å². The smallest absolute Gasteiger partial charge is 0.358 e. The van der Waals surface area contributed by atoms with Crippen LogP contribution in [0.2, 0.25) is 0 Å². The maximum Gasteiger partial charge on any atom is 0.358 e. The zero-order valence-electron chi connectivity index (χ0n) is 9.30. The van der Waals surface area contributed by atoms with E-state index in [1.165, 1.54) is 12.4 Å². The number of nitrogens with one attached hydrogen (secondary N) is 1. The van der Waals surface area contributed by atoms with Gasteiger partial charge in [0.05, 0.1) is 12.6 Å². The molecule has 88 valence electrons. The lowest BCUT2D eigenvalue weighted by Gasteiger charge is -2.16. The molecule has 1 atom stereocenters. The Labute approximate surface area is 93.7 Å². The van der Waals surface area contributed by atoms with Crippen LogP contribution in [0.3, 0.4) is 0 Å². The first-order chi connectivity index (χ1) is 7.69. The lowest BCUT2D eigenvalue weighted by atomic mass is 10.2. The Morgan fingerprint density at radius 2 is 2.25 bits per heavy atom. The van der Waals surface area contributed by atoms with Crippen molar-refractivity contribution < 1.29 is 14.6 Å². The molecule has 0 radical (unpaired) electrons. The minimum Gasteiger partial charge on any atom is -0.476 e. The third kappa shape index (κ3) is 3.16. The summed E-state index contributed by atoms with van der Waals surface area (Å²) in [5.41, 5.74) is -0.0722. The van der Waals surface area contributed by atoms with Crippen molar-refractivity contribution in [1.29, 1.82) is 0 Å². The molecule has 6 heteroatoms. The number of aromatic nitrogens is 2. The lowest BCUT2D eigenvalue weighted by molar-refractivity contribution is 0.0691. The normalized spacial score (nSPS) is 12.1. The van der Waals surface area contributed by atoms with E-state index < -0.39 is 5.97 Å². The maximum atomic E-state index is 10.9. The van der Waals surface area contributed by atoms with Gasteiger partial charge < -0.3 is 15.2 Å². The van der Waals surface area contributed by atoms with E-state index in [1.54, 1.807) is 7.11 Å². The third-order valence-corrected chi connectivity index (χ3v) is 2.10. The number of hydrogen-bond acceptors (Lipinski definition) is 5. The quantitative estimate of drug-likeness (QED) is 0.751. The Morgan fingerprint density at radius 1 is 1.56 bits per heavy atom. The van der Waals surface area contributed by atoms with Gasteiger partial charge in [0.15, 0.2) is 11.5 Å². The summed E-state index contributed by atoms with van der Waals surface area (Å²) in [6.07, 6.45) is 3.61. The number of hydrogen-bond donors (Lipinski definition) is 2. The number of anilines is 1. The first-order valence-electron chi connectivity index (χ1n) is 4.98. The van der Waals surface area contributed by atoms with E-state index in [0.29, 0.717) is 6.61 Å². The van der Waals surface area contributed by atoms with Crippen molar-refractivity contribution in [3.05, 3.63) is 18.1 Å². The second kappa shape index (κ2) is 6.02. The molecule has 1 rings (SSSR count). The molecular formula is C10H15N3O3. The summed E-state index contributed by atoms with van der Waals surface area (Å²) in [7, 11) is 1.60. The van der Waals surface area contributed by atoms with Crippen molar-refractivity contribution in [2.45, 2.75) is 19.4 Å². The molecule has 0 aliphatic rings. The van der Waals surface area contributed by atoms with E-state index in [-0.39, 0.29) is 17.6 Å². The van der Waals surface area contributed by atoms with Crippen LogP contribution in [-0.4, -0.2) is 40.8 Å². The van der Waals surface area contributed by atoms with Crippen LogP contribution in [0.4, 0.5) is 5.82 Å². The third-order valence-electron chi connectivity index (χ3n) is 2.10. The summed E-state index contributed by atoms with van der Waals surface area (Å²) < 4.78 is 5.01.